The summed E-state index contributed by atoms with van der Waals surface area (Å²) >= 11 is 0. The second kappa shape index (κ2) is 7.44. The van der Waals surface area contributed by atoms with Crippen LogP contribution in [0.5, 0.6) is 11.5 Å². The molecule has 0 unspecified atom stereocenters. The second-order valence-corrected chi connectivity index (χ2v) is 9.22. The quantitative estimate of drug-likeness (QED) is 0.826. The highest BCUT2D eigenvalue weighted by molar-refractivity contribution is 7.86. The smallest absolute Gasteiger partial charge is 0.276 e. The zero-order valence-corrected chi connectivity index (χ0v) is 17.1. The lowest BCUT2D eigenvalue weighted by Crippen LogP contribution is -2.53. The molecule has 29 heavy (non-hydrogen) atoms. The van der Waals surface area contributed by atoms with Gasteiger partial charge in [0.25, 0.3) is 10.2 Å². The molecule has 2 aromatic rings. The third kappa shape index (κ3) is 4.01. The SMILES string of the molecule is Cc1c(OCc2ccccc2)ccc2c1OC1(CCN(S(N)(=O)=O)CC1)CC2=O. The number of rotatable bonds is 4. The van der Waals surface area contributed by atoms with E-state index in [4.69, 9.17) is 14.6 Å². The minimum absolute atomic E-state index is 0.00742. The maximum absolute atomic E-state index is 12.8. The summed E-state index contributed by atoms with van der Waals surface area (Å²) in [5.74, 6) is 1.21. The van der Waals surface area contributed by atoms with E-state index in [2.05, 4.69) is 0 Å². The number of nitrogens with two attached hydrogens (primary N) is 1. The van der Waals surface area contributed by atoms with Crippen LogP contribution < -0.4 is 14.6 Å². The van der Waals surface area contributed by atoms with E-state index in [1.54, 1.807) is 12.1 Å². The van der Waals surface area contributed by atoms with Gasteiger partial charge in [0, 0.05) is 31.5 Å². The predicted molar refractivity (Wildman–Crippen MR) is 108 cm³/mol. The van der Waals surface area contributed by atoms with Crippen LogP contribution in [0.2, 0.25) is 0 Å². The van der Waals surface area contributed by atoms with E-state index in [-0.39, 0.29) is 25.3 Å². The summed E-state index contributed by atoms with van der Waals surface area (Å²) in [7, 11) is -3.73. The van der Waals surface area contributed by atoms with Gasteiger partial charge in [-0.2, -0.15) is 12.7 Å². The summed E-state index contributed by atoms with van der Waals surface area (Å²) in [6, 6.07) is 13.4. The Morgan fingerprint density at radius 1 is 1.14 bits per heavy atom. The molecule has 2 aliphatic rings. The highest BCUT2D eigenvalue weighted by atomic mass is 32.2. The van der Waals surface area contributed by atoms with Crippen LogP contribution in [-0.4, -0.2) is 37.2 Å². The molecule has 1 fully saturated rings. The fourth-order valence-electron chi connectivity index (χ4n) is 3.98. The topological polar surface area (TPSA) is 98.9 Å². The normalized spacial score (nSPS) is 18.9. The molecular formula is C21H24N2O5S. The first-order valence-corrected chi connectivity index (χ1v) is 11.1. The van der Waals surface area contributed by atoms with Gasteiger partial charge < -0.3 is 9.47 Å². The van der Waals surface area contributed by atoms with Crippen LogP contribution in [0, 0.1) is 6.92 Å². The molecule has 154 valence electrons. The standard InChI is InChI=1S/C21H24N2O5S/c1-15-19(27-14-16-5-3-2-4-6-16)8-7-17-18(24)13-21(28-20(15)17)9-11-23(12-10-21)29(22,25)26/h2-8H,9-14H2,1H3,(H2,22,25,26). The molecule has 0 radical (unpaired) electrons. The predicted octanol–water partition coefficient (Wildman–Crippen LogP) is 2.58. The summed E-state index contributed by atoms with van der Waals surface area (Å²) in [6.07, 6.45) is 1.08. The third-order valence-electron chi connectivity index (χ3n) is 5.69. The van der Waals surface area contributed by atoms with Crippen LogP contribution >= 0.6 is 0 Å². The lowest BCUT2D eigenvalue weighted by Gasteiger charge is -2.43. The Morgan fingerprint density at radius 2 is 1.83 bits per heavy atom. The van der Waals surface area contributed by atoms with Gasteiger partial charge in [-0.25, -0.2) is 5.14 Å². The van der Waals surface area contributed by atoms with Crippen molar-refractivity contribution in [2.24, 2.45) is 5.14 Å². The number of carbonyl (C=O) groups is 1. The molecule has 2 aliphatic heterocycles. The maximum Gasteiger partial charge on any atom is 0.276 e. The van der Waals surface area contributed by atoms with Crippen molar-refractivity contribution in [2.75, 3.05) is 13.1 Å². The zero-order valence-electron chi connectivity index (χ0n) is 16.3. The monoisotopic (exact) mass is 416 g/mol. The van der Waals surface area contributed by atoms with Crippen molar-refractivity contribution in [2.45, 2.75) is 38.4 Å². The van der Waals surface area contributed by atoms with Gasteiger partial charge in [-0.05, 0) is 24.6 Å². The molecule has 4 rings (SSSR count). The van der Waals surface area contributed by atoms with Crippen LogP contribution in [0.4, 0.5) is 0 Å². The summed E-state index contributed by atoms with van der Waals surface area (Å²) < 4.78 is 36.7. The van der Waals surface area contributed by atoms with Crippen molar-refractivity contribution >= 4 is 16.0 Å². The number of benzene rings is 2. The Labute approximate surface area is 170 Å². The molecule has 1 saturated heterocycles. The molecule has 0 aliphatic carbocycles. The molecule has 8 heteroatoms. The number of Topliss-reactive ketones (excluding diaryl/α,β-unsaturated/α-hetero) is 1. The van der Waals surface area contributed by atoms with Crippen molar-refractivity contribution < 1.29 is 22.7 Å². The molecule has 0 aromatic heterocycles. The van der Waals surface area contributed by atoms with Gasteiger partial charge in [0.2, 0.25) is 0 Å². The average Bonchev–Trinajstić information content (AvgIpc) is 2.68. The van der Waals surface area contributed by atoms with Crippen molar-refractivity contribution in [3.63, 3.8) is 0 Å². The Balaban J connectivity index is 1.55. The molecule has 0 saturated carbocycles. The van der Waals surface area contributed by atoms with Gasteiger partial charge in [-0.3, -0.25) is 4.79 Å². The highest BCUT2D eigenvalue weighted by Crippen LogP contribution is 2.43. The molecular weight excluding hydrogens is 392 g/mol. The van der Waals surface area contributed by atoms with Crippen LogP contribution in [0.25, 0.3) is 0 Å². The number of carbonyl (C=O) groups excluding carboxylic acids is 1. The molecule has 1 spiro atoms. The van der Waals surface area contributed by atoms with E-state index in [1.807, 2.05) is 37.3 Å². The van der Waals surface area contributed by atoms with Crippen molar-refractivity contribution in [1.82, 2.24) is 4.31 Å². The Bertz CT molecular complexity index is 1030. The number of hydrogen-bond donors (Lipinski definition) is 1. The third-order valence-corrected chi connectivity index (χ3v) is 6.77. The molecule has 7 nitrogen and oxygen atoms in total. The van der Waals surface area contributed by atoms with Crippen molar-refractivity contribution in [3.8, 4) is 11.5 Å². The summed E-state index contributed by atoms with van der Waals surface area (Å²) in [5.41, 5.74) is 1.68. The summed E-state index contributed by atoms with van der Waals surface area (Å²) in [6.45, 7) is 2.78. The van der Waals surface area contributed by atoms with Gasteiger partial charge in [0.15, 0.2) is 5.78 Å². The first-order chi connectivity index (χ1) is 13.8. The van der Waals surface area contributed by atoms with Crippen molar-refractivity contribution in [3.05, 3.63) is 59.2 Å². The molecule has 0 bridgehead atoms. The molecule has 2 N–H and O–H groups in total. The number of ketones is 1. The van der Waals surface area contributed by atoms with E-state index in [9.17, 15) is 13.2 Å². The largest absolute Gasteiger partial charge is 0.488 e. The lowest BCUT2D eigenvalue weighted by molar-refractivity contribution is 0.00516. The Morgan fingerprint density at radius 3 is 2.48 bits per heavy atom. The summed E-state index contributed by atoms with van der Waals surface area (Å²) in [4.78, 5) is 12.8. The number of fused-ring (bicyclic) bond motifs is 1. The van der Waals surface area contributed by atoms with E-state index >= 15 is 0 Å². The van der Waals surface area contributed by atoms with E-state index in [1.165, 1.54) is 4.31 Å². The highest BCUT2D eigenvalue weighted by Gasteiger charge is 2.45. The molecule has 2 aromatic carbocycles. The zero-order chi connectivity index (χ0) is 20.6. The summed E-state index contributed by atoms with van der Waals surface area (Å²) in [5, 5.41) is 5.23. The molecule has 0 amide bonds. The molecule has 2 heterocycles. The number of piperidine rings is 1. The van der Waals surface area contributed by atoms with E-state index < -0.39 is 15.8 Å². The van der Waals surface area contributed by atoms with Crippen molar-refractivity contribution in [1.29, 1.82) is 0 Å². The first kappa shape index (κ1) is 19.9. The number of hydrogen-bond acceptors (Lipinski definition) is 5. The van der Waals surface area contributed by atoms with Crippen LogP contribution in [-0.2, 0) is 16.8 Å². The minimum atomic E-state index is -3.73. The van der Waals surface area contributed by atoms with Gasteiger partial charge in [-0.1, -0.05) is 30.3 Å². The van der Waals surface area contributed by atoms with Gasteiger partial charge >= 0.3 is 0 Å². The fourth-order valence-corrected chi connectivity index (χ4v) is 4.68. The Hall–Kier alpha value is -2.42. The van der Waals surface area contributed by atoms with Crippen LogP contribution in [0.15, 0.2) is 42.5 Å². The van der Waals surface area contributed by atoms with Crippen LogP contribution in [0.1, 0.15) is 40.7 Å². The minimum Gasteiger partial charge on any atom is -0.488 e. The maximum atomic E-state index is 12.8. The van der Waals surface area contributed by atoms with Gasteiger partial charge in [0.1, 0.15) is 23.7 Å². The number of nitrogens with zero attached hydrogens (tertiary/aromatic N) is 1. The average molecular weight is 416 g/mol. The van der Waals surface area contributed by atoms with Gasteiger partial charge in [-0.15, -0.1) is 0 Å². The van der Waals surface area contributed by atoms with E-state index in [0.29, 0.717) is 36.5 Å². The fraction of sp³-hybridized carbons (Fsp3) is 0.381. The number of ether oxygens (including phenoxy) is 2. The van der Waals surface area contributed by atoms with Crippen LogP contribution in [0.3, 0.4) is 0 Å². The lowest BCUT2D eigenvalue weighted by atomic mass is 9.82. The second-order valence-electron chi connectivity index (χ2n) is 7.67. The van der Waals surface area contributed by atoms with E-state index in [0.717, 1.165) is 11.1 Å². The Kier molecular flexibility index (Phi) is 5.10. The van der Waals surface area contributed by atoms with Gasteiger partial charge in [0.05, 0.1) is 12.0 Å². The molecule has 0 atom stereocenters. The first-order valence-electron chi connectivity index (χ1n) is 9.58.